The van der Waals surface area contributed by atoms with Gasteiger partial charge in [0, 0.05) is 9.13 Å². The molecule has 3 rings (SSSR count). The van der Waals surface area contributed by atoms with Crippen LogP contribution in [0.1, 0.15) is 27.3 Å². The van der Waals surface area contributed by atoms with Crippen molar-refractivity contribution in [3.8, 4) is 5.75 Å². The van der Waals surface area contributed by atoms with Crippen LogP contribution in [0.3, 0.4) is 0 Å². The minimum Gasteiger partial charge on any atom is -0.497 e. The lowest BCUT2D eigenvalue weighted by atomic mass is 10.1. The van der Waals surface area contributed by atoms with Gasteiger partial charge in [0.25, 0.3) is 0 Å². The summed E-state index contributed by atoms with van der Waals surface area (Å²) in [6.45, 7) is 4.42. The average Bonchev–Trinajstić information content (AvgIpc) is 2.84. The zero-order chi connectivity index (χ0) is 16.6. The van der Waals surface area contributed by atoms with Crippen LogP contribution in [0.25, 0.3) is 11.0 Å². The summed E-state index contributed by atoms with van der Waals surface area (Å²) in [5, 5.41) is 5.56. The van der Waals surface area contributed by atoms with E-state index in [1.165, 1.54) is 0 Å². The number of methoxy groups -OCH3 is 1. The molecule has 0 N–H and O–H groups in total. The first-order valence-corrected chi connectivity index (χ1v) is 8.24. The van der Waals surface area contributed by atoms with E-state index in [0.29, 0.717) is 12.1 Å². The molecule has 0 saturated heterocycles. The molecule has 6 heteroatoms. The van der Waals surface area contributed by atoms with Crippen LogP contribution in [0, 0.1) is 17.4 Å². The van der Waals surface area contributed by atoms with Crippen LogP contribution >= 0.6 is 22.6 Å². The number of fused-ring (bicyclic) bond motifs is 1. The van der Waals surface area contributed by atoms with Gasteiger partial charge in [-0.15, -0.1) is 0 Å². The Balaban J connectivity index is 2.09. The Hall–Kier alpha value is -1.96. The van der Waals surface area contributed by atoms with Crippen LogP contribution in [-0.2, 0) is 6.54 Å². The molecule has 0 unspecified atom stereocenters. The van der Waals surface area contributed by atoms with E-state index in [0.717, 1.165) is 43.6 Å². The molecule has 118 valence electrons. The van der Waals surface area contributed by atoms with Gasteiger partial charge in [-0.2, -0.15) is 5.10 Å². The van der Waals surface area contributed by atoms with Crippen LogP contribution < -0.4 is 4.74 Å². The van der Waals surface area contributed by atoms with E-state index in [-0.39, 0.29) is 0 Å². The number of benzene rings is 1. The minimum atomic E-state index is 0.622. The molecular weight excluding hydrogens is 405 g/mol. The Morgan fingerprint density at radius 3 is 2.52 bits per heavy atom. The Labute approximate surface area is 147 Å². The maximum absolute atomic E-state index is 11.3. The van der Waals surface area contributed by atoms with Gasteiger partial charge in [-0.05, 0) is 54.1 Å². The third-order valence-electron chi connectivity index (χ3n) is 3.83. The average molecular weight is 421 g/mol. The van der Waals surface area contributed by atoms with Crippen LogP contribution in [0.4, 0.5) is 0 Å². The summed E-state index contributed by atoms with van der Waals surface area (Å²) in [4.78, 5) is 15.9. The molecule has 0 aliphatic rings. The van der Waals surface area contributed by atoms with Crippen LogP contribution in [-0.4, -0.2) is 28.2 Å². The molecule has 3 aromatic rings. The summed E-state index contributed by atoms with van der Waals surface area (Å²) in [5.41, 5.74) is 4.18. The van der Waals surface area contributed by atoms with Crippen molar-refractivity contribution in [1.82, 2.24) is 14.8 Å². The van der Waals surface area contributed by atoms with E-state index in [4.69, 9.17) is 4.74 Å². The number of carbonyl (C=O) groups excluding carboxylic acids is 1. The number of rotatable bonds is 4. The largest absolute Gasteiger partial charge is 0.497 e. The molecule has 0 aliphatic heterocycles. The summed E-state index contributed by atoms with van der Waals surface area (Å²) in [6.07, 6.45) is 0.865. The number of ether oxygens (including phenoxy) is 1. The van der Waals surface area contributed by atoms with Crippen LogP contribution in [0.15, 0.2) is 24.3 Å². The molecule has 0 amide bonds. The number of carbonyl (C=O) groups is 1. The highest BCUT2D eigenvalue weighted by Gasteiger charge is 2.17. The minimum absolute atomic E-state index is 0.622. The topological polar surface area (TPSA) is 57.0 Å². The number of hydrogen-bond acceptors (Lipinski definition) is 4. The van der Waals surface area contributed by atoms with Gasteiger partial charge in [0.2, 0.25) is 0 Å². The summed E-state index contributed by atoms with van der Waals surface area (Å²) in [7, 11) is 1.65. The Morgan fingerprint density at radius 1 is 1.22 bits per heavy atom. The summed E-state index contributed by atoms with van der Waals surface area (Å²) in [6, 6.07) is 7.89. The third kappa shape index (κ3) is 2.83. The molecule has 0 aliphatic carbocycles. The van der Waals surface area contributed by atoms with Gasteiger partial charge in [-0.1, -0.05) is 12.1 Å². The zero-order valence-corrected chi connectivity index (χ0v) is 15.3. The molecule has 5 nitrogen and oxygen atoms in total. The highest BCUT2D eigenvalue weighted by atomic mass is 127. The third-order valence-corrected chi connectivity index (χ3v) is 4.95. The SMILES string of the molecule is COc1ccc(Cn2nc(C)c3c(I)c(C=O)c(C)nc32)cc1. The summed E-state index contributed by atoms with van der Waals surface area (Å²) >= 11 is 2.20. The highest BCUT2D eigenvalue weighted by Crippen LogP contribution is 2.27. The monoisotopic (exact) mass is 421 g/mol. The fraction of sp³-hybridized carbons (Fsp3) is 0.235. The first-order chi connectivity index (χ1) is 11.0. The van der Waals surface area contributed by atoms with E-state index in [2.05, 4.69) is 32.7 Å². The highest BCUT2D eigenvalue weighted by molar-refractivity contribution is 14.1. The number of hydrogen-bond donors (Lipinski definition) is 0. The van der Waals surface area contributed by atoms with Crippen molar-refractivity contribution < 1.29 is 9.53 Å². The van der Waals surface area contributed by atoms with Gasteiger partial charge in [0.15, 0.2) is 11.9 Å². The van der Waals surface area contributed by atoms with Gasteiger partial charge in [0.1, 0.15) is 5.75 Å². The van der Waals surface area contributed by atoms with Gasteiger partial charge in [-0.3, -0.25) is 4.79 Å². The number of aromatic nitrogens is 3. The second-order valence-electron chi connectivity index (χ2n) is 5.33. The van der Waals surface area contributed by atoms with E-state index in [9.17, 15) is 4.79 Å². The fourth-order valence-corrected chi connectivity index (χ4v) is 3.75. The number of aldehydes is 1. The standard InChI is InChI=1S/C17H16IN3O2/c1-10-14(9-22)16(18)15-11(2)20-21(17(15)19-10)8-12-4-6-13(23-3)7-5-12/h4-7,9H,8H2,1-3H3. The Kier molecular flexibility index (Phi) is 4.34. The second-order valence-corrected chi connectivity index (χ2v) is 6.41. The van der Waals surface area contributed by atoms with Gasteiger partial charge in [-0.25, -0.2) is 9.67 Å². The van der Waals surface area contributed by atoms with Crippen LogP contribution in [0.2, 0.25) is 0 Å². The van der Waals surface area contributed by atoms with E-state index in [1.54, 1.807) is 7.11 Å². The smallest absolute Gasteiger partial charge is 0.159 e. The lowest BCUT2D eigenvalue weighted by Gasteiger charge is -2.07. The summed E-state index contributed by atoms with van der Waals surface area (Å²) in [5.74, 6) is 0.828. The van der Waals surface area contributed by atoms with Crippen molar-refractivity contribution in [2.75, 3.05) is 7.11 Å². The number of nitrogens with zero attached hydrogens (tertiary/aromatic N) is 3. The lowest BCUT2D eigenvalue weighted by Crippen LogP contribution is -2.05. The number of aryl methyl sites for hydroxylation is 2. The molecule has 2 heterocycles. The first kappa shape index (κ1) is 15.9. The molecule has 2 aromatic heterocycles. The van der Waals surface area contributed by atoms with Crippen LogP contribution in [0.5, 0.6) is 5.75 Å². The molecule has 0 spiro atoms. The quantitative estimate of drug-likeness (QED) is 0.478. The molecule has 0 bridgehead atoms. The molecular formula is C17H16IN3O2. The van der Waals surface area contributed by atoms with E-state index >= 15 is 0 Å². The first-order valence-electron chi connectivity index (χ1n) is 7.16. The normalized spacial score (nSPS) is 11.0. The number of halogens is 1. The molecule has 0 saturated carbocycles. The van der Waals surface area contributed by atoms with Crippen molar-refractivity contribution in [2.45, 2.75) is 20.4 Å². The lowest BCUT2D eigenvalue weighted by molar-refractivity contribution is 0.112. The molecule has 0 atom stereocenters. The predicted molar refractivity (Wildman–Crippen MR) is 97.2 cm³/mol. The van der Waals surface area contributed by atoms with Gasteiger partial charge >= 0.3 is 0 Å². The van der Waals surface area contributed by atoms with Crippen molar-refractivity contribution in [3.05, 3.63) is 50.4 Å². The maximum atomic E-state index is 11.3. The Morgan fingerprint density at radius 2 is 1.91 bits per heavy atom. The zero-order valence-electron chi connectivity index (χ0n) is 13.1. The van der Waals surface area contributed by atoms with Crippen molar-refractivity contribution >= 4 is 39.9 Å². The van der Waals surface area contributed by atoms with Crippen molar-refractivity contribution in [3.63, 3.8) is 0 Å². The molecule has 23 heavy (non-hydrogen) atoms. The second kappa shape index (κ2) is 6.27. The summed E-state index contributed by atoms with van der Waals surface area (Å²) < 4.78 is 7.98. The van der Waals surface area contributed by atoms with Gasteiger partial charge < -0.3 is 4.74 Å². The van der Waals surface area contributed by atoms with E-state index < -0.39 is 0 Å². The fourth-order valence-electron chi connectivity index (χ4n) is 2.60. The van der Waals surface area contributed by atoms with E-state index in [1.807, 2.05) is 42.8 Å². The molecule has 1 aromatic carbocycles. The van der Waals surface area contributed by atoms with Crippen molar-refractivity contribution in [1.29, 1.82) is 0 Å². The van der Waals surface area contributed by atoms with Crippen molar-refractivity contribution in [2.24, 2.45) is 0 Å². The maximum Gasteiger partial charge on any atom is 0.159 e. The molecule has 0 radical (unpaired) electrons. The van der Waals surface area contributed by atoms with Gasteiger partial charge in [0.05, 0.1) is 30.4 Å². The number of pyridine rings is 1. The predicted octanol–water partition coefficient (Wildman–Crippen LogP) is 3.52. The Bertz CT molecular complexity index is 885. The molecule has 0 fully saturated rings.